The Balaban J connectivity index is 2.53. The van der Waals surface area contributed by atoms with E-state index < -0.39 is 5.97 Å². The summed E-state index contributed by atoms with van der Waals surface area (Å²) in [5.41, 5.74) is 0.433. The number of thiazole rings is 1. The first kappa shape index (κ1) is 15.1. The number of amides is 2. The van der Waals surface area contributed by atoms with Gasteiger partial charge in [0.15, 0.2) is 0 Å². The molecule has 0 unspecified atom stereocenters. The van der Waals surface area contributed by atoms with Crippen molar-refractivity contribution in [1.29, 1.82) is 0 Å². The van der Waals surface area contributed by atoms with Gasteiger partial charge in [0.25, 0.3) is 0 Å². The quantitative estimate of drug-likeness (QED) is 0.807. The van der Waals surface area contributed by atoms with Gasteiger partial charge in [-0.25, -0.2) is 9.78 Å². The van der Waals surface area contributed by atoms with Crippen LogP contribution in [0.5, 0.6) is 0 Å². The number of aryl methyl sites for hydroxylation is 1. The maximum Gasteiger partial charge on any atom is 0.347 e. The van der Waals surface area contributed by atoms with Crippen LogP contribution in [0.2, 0.25) is 0 Å². The number of aromatic nitrogens is 1. The Morgan fingerprint density at radius 2 is 2.05 bits per heavy atom. The summed E-state index contributed by atoms with van der Waals surface area (Å²) < 4.78 is 0. The number of likely N-dealkylation sites (N-methyl/N-ethyl adjacent to an activating group) is 1. The molecule has 1 aromatic rings. The molecule has 0 aliphatic rings. The van der Waals surface area contributed by atoms with Crippen molar-refractivity contribution >= 4 is 29.1 Å². The highest BCUT2D eigenvalue weighted by Gasteiger charge is 2.15. The third kappa shape index (κ3) is 4.32. The zero-order valence-electron chi connectivity index (χ0n) is 10.9. The van der Waals surface area contributed by atoms with Gasteiger partial charge in [-0.1, -0.05) is 0 Å². The van der Waals surface area contributed by atoms with E-state index in [1.165, 1.54) is 18.9 Å². The van der Waals surface area contributed by atoms with E-state index in [2.05, 4.69) is 10.3 Å². The molecule has 104 valence electrons. The Labute approximate surface area is 114 Å². The molecule has 0 fully saturated rings. The predicted octanol–water partition coefficient (Wildman–Crippen LogP) is 0.244. The second kappa shape index (κ2) is 6.28. The summed E-state index contributed by atoms with van der Waals surface area (Å²) in [6.07, 6.45) is 0. The van der Waals surface area contributed by atoms with Crippen LogP contribution in [0.3, 0.4) is 0 Å². The van der Waals surface area contributed by atoms with Crippen molar-refractivity contribution in [3.8, 4) is 0 Å². The van der Waals surface area contributed by atoms with E-state index in [9.17, 15) is 14.4 Å². The molecule has 0 aliphatic carbocycles. The average Bonchev–Trinajstić information content (AvgIpc) is 2.68. The van der Waals surface area contributed by atoms with Gasteiger partial charge in [0.05, 0.1) is 18.8 Å². The Hall–Kier alpha value is -1.96. The number of carbonyl (C=O) groups is 3. The molecule has 0 aromatic carbocycles. The molecule has 7 nitrogen and oxygen atoms in total. The highest BCUT2D eigenvalue weighted by Crippen LogP contribution is 2.17. The van der Waals surface area contributed by atoms with E-state index >= 15 is 0 Å². The zero-order chi connectivity index (χ0) is 14.6. The lowest BCUT2D eigenvalue weighted by atomic mass is 10.4. The van der Waals surface area contributed by atoms with E-state index in [-0.39, 0.29) is 29.8 Å². The van der Waals surface area contributed by atoms with Crippen molar-refractivity contribution in [2.45, 2.75) is 20.4 Å². The highest BCUT2D eigenvalue weighted by atomic mass is 32.1. The summed E-state index contributed by atoms with van der Waals surface area (Å²) >= 11 is 1.03. The number of hydrogen-bond donors (Lipinski definition) is 2. The van der Waals surface area contributed by atoms with Crippen LogP contribution in [-0.2, 0) is 16.1 Å². The van der Waals surface area contributed by atoms with Gasteiger partial charge in [-0.3, -0.25) is 9.59 Å². The van der Waals surface area contributed by atoms with Crippen LogP contribution in [0.4, 0.5) is 0 Å². The van der Waals surface area contributed by atoms with E-state index in [4.69, 9.17) is 5.11 Å². The molecule has 0 aliphatic heterocycles. The molecule has 1 rings (SSSR count). The monoisotopic (exact) mass is 285 g/mol. The van der Waals surface area contributed by atoms with Crippen molar-refractivity contribution in [2.75, 3.05) is 13.6 Å². The number of aromatic carboxylic acids is 1. The molecule has 0 bridgehead atoms. The van der Waals surface area contributed by atoms with Gasteiger partial charge in [0.1, 0.15) is 9.88 Å². The van der Waals surface area contributed by atoms with Gasteiger partial charge in [-0.2, -0.15) is 0 Å². The average molecular weight is 285 g/mol. The van der Waals surface area contributed by atoms with E-state index in [1.54, 1.807) is 6.92 Å². The summed E-state index contributed by atoms with van der Waals surface area (Å²) in [6, 6.07) is 0. The highest BCUT2D eigenvalue weighted by molar-refractivity contribution is 7.13. The van der Waals surface area contributed by atoms with Crippen LogP contribution in [0.1, 0.15) is 27.3 Å². The number of nitrogens with one attached hydrogen (secondary N) is 1. The molecule has 8 heteroatoms. The van der Waals surface area contributed by atoms with Gasteiger partial charge in [-0.15, -0.1) is 11.3 Å². The van der Waals surface area contributed by atoms with Crippen LogP contribution >= 0.6 is 11.3 Å². The van der Waals surface area contributed by atoms with Gasteiger partial charge in [0.2, 0.25) is 11.8 Å². The van der Waals surface area contributed by atoms with Crippen LogP contribution in [0, 0.1) is 6.92 Å². The zero-order valence-corrected chi connectivity index (χ0v) is 11.7. The van der Waals surface area contributed by atoms with Crippen molar-refractivity contribution in [2.24, 2.45) is 0 Å². The van der Waals surface area contributed by atoms with Gasteiger partial charge >= 0.3 is 5.97 Å². The summed E-state index contributed by atoms with van der Waals surface area (Å²) in [5, 5.41) is 12.0. The molecule has 0 spiro atoms. The third-order valence-corrected chi connectivity index (χ3v) is 3.54. The fourth-order valence-corrected chi connectivity index (χ4v) is 2.13. The minimum atomic E-state index is -1.02. The van der Waals surface area contributed by atoms with E-state index in [1.807, 2.05) is 0 Å². The number of nitrogens with zero attached hydrogens (tertiary/aromatic N) is 2. The molecule has 1 heterocycles. The second-order valence-corrected chi connectivity index (χ2v) is 5.06. The topological polar surface area (TPSA) is 99.6 Å². The number of carbonyl (C=O) groups excluding carboxylic acids is 2. The summed E-state index contributed by atoms with van der Waals surface area (Å²) in [5.74, 6) is -1.54. The van der Waals surface area contributed by atoms with Crippen molar-refractivity contribution in [3.05, 3.63) is 15.6 Å². The fourth-order valence-electron chi connectivity index (χ4n) is 1.28. The van der Waals surface area contributed by atoms with Gasteiger partial charge in [0, 0.05) is 14.0 Å². The maximum absolute atomic E-state index is 11.5. The van der Waals surface area contributed by atoms with Crippen LogP contribution < -0.4 is 5.32 Å². The molecule has 2 amide bonds. The minimum absolute atomic E-state index is 0.0362. The molecule has 2 N–H and O–H groups in total. The Bertz CT molecular complexity index is 512. The van der Waals surface area contributed by atoms with Crippen LogP contribution in [-0.4, -0.2) is 46.4 Å². The first-order valence-electron chi connectivity index (χ1n) is 5.49. The Kier molecular flexibility index (Phi) is 4.99. The number of carboxylic acids is 1. The lowest BCUT2D eigenvalue weighted by Gasteiger charge is -2.13. The third-order valence-electron chi connectivity index (χ3n) is 2.39. The number of carboxylic acid groups (broad SMARTS) is 1. The Morgan fingerprint density at radius 3 is 2.53 bits per heavy atom. The summed E-state index contributed by atoms with van der Waals surface area (Å²) in [7, 11) is 1.53. The lowest BCUT2D eigenvalue weighted by molar-refractivity contribution is -0.133. The lowest BCUT2D eigenvalue weighted by Crippen LogP contribution is -2.36. The number of hydrogen-bond acceptors (Lipinski definition) is 5. The minimum Gasteiger partial charge on any atom is -0.477 e. The summed E-state index contributed by atoms with van der Waals surface area (Å²) in [4.78, 5) is 38.8. The molecular weight excluding hydrogens is 270 g/mol. The predicted molar refractivity (Wildman–Crippen MR) is 69.0 cm³/mol. The molecule has 0 saturated heterocycles. The first-order valence-corrected chi connectivity index (χ1v) is 6.31. The number of rotatable bonds is 5. The normalized spacial score (nSPS) is 10.1. The second-order valence-electron chi connectivity index (χ2n) is 3.98. The van der Waals surface area contributed by atoms with Gasteiger partial charge in [-0.05, 0) is 6.92 Å². The van der Waals surface area contributed by atoms with Crippen molar-refractivity contribution < 1.29 is 19.5 Å². The van der Waals surface area contributed by atoms with E-state index in [0.717, 1.165) is 11.3 Å². The molecule has 19 heavy (non-hydrogen) atoms. The van der Waals surface area contributed by atoms with Crippen LogP contribution in [0.25, 0.3) is 0 Å². The molecule has 1 aromatic heterocycles. The largest absolute Gasteiger partial charge is 0.477 e. The molecule has 0 saturated carbocycles. The smallest absolute Gasteiger partial charge is 0.347 e. The van der Waals surface area contributed by atoms with Crippen molar-refractivity contribution in [1.82, 2.24) is 15.2 Å². The maximum atomic E-state index is 11.5. The Morgan fingerprint density at radius 1 is 1.42 bits per heavy atom. The van der Waals surface area contributed by atoms with Crippen molar-refractivity contribution in [3.63, 3.8) is 0 Å². The molecule has 0 radical (unpaired) electrons. The molecular formula is C11H15N3O4S. The fraction of sp³-hybridized carbons (Fsp3) is 0.455. The summed E-state index contributed by atoms with van der Waals surface area (Å²) in [6.45, 7) is 3.10. The van der Waals surface area contributed by atoms with Gasteiger partial charge < -0.3 is 15.3 Å². The van der Waals surface area contributed by atoms with Crippen LogP contribution in [0.15, 0.2) is 0 Å². The van der Waals surface area contributed by atoms with E-state index in [0.29, 0.717) is 10.7 Å². The SMILES string of the molecule is CC(=O)N(C)CC(=O)NCc1nc(C)c(C(=O)O)s1. The standard InChI is InChI=1S/C11H15N3O4S/c1-6-10(11(17)18)19-9(13-6)4-12-8(16)5-14(3)7(2)15/h4-5H2,1-3H3,(H,12,16)(H,17,18). The molecule has 0 atom stereocenters. The first-order chi connectivity index (χ1) is 8.81.